The largest absolute Gasteiger partial charge is 0.444 e. The highest BCUT2D eigenvalue weighted by Crippen LogP contribution is 2.38. The third-order valence-corrected chi connectivity index (χ3v) is 4.61. The third kappa shape index (κ3) is 7.41. The molecule has 7 heteroatoms. The van der Waals surface area contributed by atoms with Crippen LogP contribution in [0.2, 0.25) is 0 Å². The Balaban J connectivity index is 2.35. The van der Waals surface area contributed by atoms with Crippen molar-refractivity contribution in [1.82, 2.24) is 9.80 Å². The zero-order chi connectivity index (χ0) is 15.9. The SMILES string of the molecule is CCOP(CN1CCN(C(=O)OC(C)(C)C)CC1)OCC. The molecule has 0 radical (unpaired) electrons. The second kappa shape index (κ2) is 8.89. The molecule has 1 fully saturated rings. The minimum atomic E-state index is -0.844. The number of ether oxygens (including phenoxy) is 1. The quantitative estimate of drug-likeness (QED) is 0.704. The van der Waals surface area contributed by atoms with Gasteiger partial charge in [0.1, 0.15) is 5.60 Å². The normalized spacial score (nSPS) is 17.3. The maximum atomic E-state index is 12.0. The number of hydrogen-bond donors (Lipinski definition) is 0. The molecule has 6 nitrogen and oxygen atoms in total. The number of carbonyl (C=O) groups excluding carboxylic acids is 1. The maximum Gasteiger partial charge on any atom is 0.410 e. The first kappa shape index (κ1) is 18.6. The lowest BCUT2D eigenvalue weighted by Gasteiger charge is -2.36. The van der Waals surface area contributed by atoms with E-state index in [2.05, 4.69) is 4.90 Å². The summed E-state index contributed by atoms with van der Waals surface area (Å²) in [5, 5.41) is 0. The lowest BCUT2D eigenvalue weighted by atomic mass is 10.2. The van der Waals surface area contributed by atoms with Gasteiger partial charge in [-0.2, -0.15) is 0 Å². The zero-order valence-electron chi connectivity index (χ0n) is 13.9. The van der Waals surface area contributed by atoms with E-state index in [1.165, 1.54) is 0 Å². The second-order valence-electron chi connectivity index (χ2n) is 5.90. The fourth-order valence-electron chi connectivity index (χ4n) is 1.97. The topological polar surface area (TPSA) is 51.2 Å². The van der Waals surface area contributed by atoms with Crippen molar-refractivity contribution in [3.8, 4) is 0 Å². The molecule has 0 aromatic rings. The molecule has 0 spiro atoms. The molecule has 0 aromatic carbocycles. The van der Waals surface area contributed by atoms with E-state index in [1.807, 2.05) is 34.6 Å². The van der Waals surface area contributed by atoms with Crippen molar-refractivity contribution < 1.29 is 18.6 Å². The molecule has 1 saturated heterocycles. The molecular formula is C14H29N2O4P. The lowest BCUT2D eigenvalue weighted by Crippen LogP contribution is -2.50. The lowest BCUT2D eigenvalue weighted by molar-refractivity contribution is 0.0156. The molecule has 1 heterocycles. The van der Waals surface area contributed by atoms with Gasteiger partial charge in [-0.05, 0) is 34.6 Å². The Morgan fingerprint density at radius 1 is 1.05 bits per heavy atom. The molecule has 1 amide bonds. The van der Waals surface area contributed by atoms with Crippen molar-refractivity contribution in [2.24, 2.45) is 0 Å². The fraction of sp³-hybridized carbons (Fsp3) is 0.929. The highest BCUT2D eigenvalue weighted by atomic mass is 31.2. The minimum absolute atomic E-state index is 0.223. The van der Waals surface area contributed by atoms with E-state index in [1.54, 1.807) is 4.90 Å². The van der Waals surface area contributed by atoms with Gasteiger partial charge in [0.25, 0.3) is 0 Å². The number of amides is 1. The number of piperazine rings is 1. The zero-order valence-corrected chi connectivity index (χ0v) is 14.8. The van der Waals surface area contributed by atoms with Crippen LogP contribution in [0.25, 0.3) is 0 Å². The summed E-state index contributed by atoms with van der Waals surface area (Å²) in [6.07, 6.45) is 0.582. The molecule has 0 bridgehead atoms. The van der Waals surface area contributed by atoms with E-state index >= 15 is 0 Å². The van der Waals surface area contributed by atoms with Gasteiger partial charge in [0, 0.05) is 26.2 Å². The van der Waals surface area contributed by atoms with Crippen LogP contribution in [-0.2, 0) is 13.8 Å². The van der Waals surface area contributed by atoms with Gasteiger partial charge in [-0.25, -0.2) is 4.79 Å². The highest BCUT2D eigenvalue weighted by molar-refractivity contribution is 7.47. The van der Waals surface area contributed by atoms with Crippen molar-refractivity contribution in [2.75, 3.05) is 45.7 Å². The molecule has 1 aliphatic rings. The van der Waals surface area contributed by atoms with Gasteiger partial charge in [0.2, 0.25) is 0 Å². The summed E-state index contributed by atoms with van der Waals surface area (Å²) >= 11 is 0. The van der Waals surface area contributed by atoms with Crippen LogP contribution in [0.3, 0.4) is 0 Å². The second-order valence-corrected chi connectivity index (χ2v) is 7.36. The Morgan fingerprint density at radius 3 is 2.00 bits per heavy atom. The molecule has 0 atom stereocenters. The summed E-state index contributed by atoms with van der Waals surface area (Å²) < 4.78 is 16.6. The first-order valence-electron chi connectivity index (χ1n) is 7.59. The van der Waals surface area contributed by atoms with E-state index in [-0.39, 0.29) is 6.09 Å². The first-order valence-corrected chi connectivity index (χ1v) is 8.95. The predicted molar refractivity (Wildman–Crippen MR) is 84.4 cm³/mol. The molecule has 21 heavy (non-hydrogen) atoms. The Labute approximate surface area is 129 Å². The van der Waals surface area contributed by atoms with Crippen LogP contribution in [0, 0.1) is 0 Å². The van der Waals surface area contributed by atoms with E-state index < -0.39 is 14.0 Å². The molecule has 1 aliphatic heterocycles. The van der Waals surface area contributed by atoms with Crippen LogP contribution in [0.5, 0.6) is 0 Å². The summed E-state index contributed by atoms with van der Waals surface area (Å²) in [4.78, 5) is 16.0. The van der Waals surface area contributed by atoms with Gasteiger partial charge in [0.05, 0.1) is 19.5 Å². The van der Waals surface area contributed by atoms with E-state index in [9.17, 15) is 4.79 Å². The number of rotatable bonds is 6. The summed E-state index contributed by atoms with van der Waals surface area (Å²) in [6.45, 7) is 14.0. The van der Waals surface area contributed by atoms with Crippen LogP contribution in [0.15, 0.2) is 0 Å². The minimum Gasteiger partial charge on any atom is -0.444 e. The summed E-state index contributed by atoms with van der Waals surface area (Å²) in [7, 11) is -0.844. The van der Waals surface area contributed by atoms with Crippen LogP contribution in [0.4, 0.5) is 4.79 Å². The van der Waals surface area contributed by atoms with Crippen molar-refractivity contribution in [2.45, 2.75) is 40.2 Å². The van der Waals surface area contributed by atoms with Crippen molar-refractivity contribution in [3.05, 3.63) is 0 Å². The molecule has 0 unspecified atom stereocenters. The predicted octanol–water partition coefficient (Wildman–Crippen LogP) is 2.88. The Bertz CT molecular complexity index is 309. The molecule has 0 N–H and O–H groups in total. The maximum absolute atomic E-state index is 12.0. The van der Waals surface area contributed by atoms with E-state index in [0.29, 0.717) is 26.3 Å². The van der Waals surface area contributed by atoms with E-state index in [4.69, 9.17) is 13.8 Å². The Kier molecular flexibility index (Phi) is 7.88. The first-order chi connectivity index (χ1) is 9.85. The highest BCUT2D eigenvalue weighted by Gasteiger charge is 2.27. The van der Waals surface area contributed by atoms with Crippen LogP contribution >= 0.6 is 8.38 Å². The van der Waals surface area contributed by atoms with Gasteiger partial charge in [-0.15, -0.1) is 0 Å². The van der Waals surface area contributed by atoms with Gasteiger partial charge >= 0.3 is 6.09 Å². The van der Waals surface area contributed by atoms with Crippen molar-refractivity contribution >= 4 is 14.5 Å². The molecule has 0 aliphatic carbocycles. The van der Waals surface area contributed by atoms with Crippen LogP contribution < -0.4 is 0 Å². The Morgan fingerprint density at radius 2 is 1.57 bits per heavy atom. The van der Waals surface area contributed by atoms with Gasteiger partial charge in [0.15, 0.2) is 8.38 Å². The van der Waals surface area contributed by atoms with Gasteiger partial charge < -0.3 is 18.7 Å². The van der Waals surface area contributed by atoms with Gasteiger partial charge in [-0.1, -0.05) is 0 Å². The Hall–Kier alpha value is -0.420. The van der Waals surface area contributed by atoms with Crippen molar-refractivity contribution in [3.63, 3.8) is 0 Å². The monoisotopic (exact) mass is 320 g/mol. The number of hydrogen-bond acceptors (Lipinski definition) is 5. The number of nitrogens with zero attached hydrogens (tertiary/aromatic N) is 2. The average Bonchev–Trinajstić information content (AvgIpc) is 2.38. The van der Waals surface area contributed by atoms with Crippen molar-refractivity contribution in [1.29, 1.82) is 0 Å². The summed E-state index contributed by atoms with van der Waals surface area (Å²) in [5.74, 6) is 0. The standard InChI is InChI=1S/C14H29N2O4P/c1-6-18-21(19-7-2)12-15-8-10-16(11-9-15)13(17)20-14(3,4)5/h6-12H2,1-5H3. The average molecular weight is 320 g/mol. The number of carbonyl (C=O) groups is 1. The smallest absolute Gasteiger partial charge is 0.410 e. The molecule has 124 valence electrons. The molecule has 1 rings (SSSR count). The van der Waals surface area contributed by atoms with Crippen LogP contribution in [0.1, 0.15) is 34.6 Å². The summed E-state index contributed by atoms with van der Waals surface area (Å²) in [5.41, 5.74) is -0.438. The molecular weight excluding hydrogens is 291 g/mol. The van der Waals surface area contributed by atoms with Crippen LogP contribution in [-0.4, -0.2) is 67.2 Å². The molecule has 0 aromatic heterocycles. The van der Waals surface area contributed by atoms with Gasteiger partial charge in [-0.3, -0.25) is 4.90 Å². The molecule has 0 saturated carbocycles. The summed E-state index contributed by atoms with van der Waals surface area (Å²) in [6, 6.07) is 0. The fourth-order valence-corrected chi connectivity index (χ4v) is 3.39. The van der Waals surface area contributed by atoms with E-state index in [0.717, 1.165) is 19.4 Å². The third-order valence-electron chi connectivity index (χ3n) is 2.89.